The SMILES string of the molecule is CCOC(=O)[C@@H]1CCCN([C@@H]2CC(=O)N(c3ccc(N4C(=O)C[C@@H](N5CCC[C@@H](C(=O)OCC)C5)C4=O)cc3)C2=O)C1. The maximum absolute atomic E-state index is 13.4. The van der Waals surface area contributed by atoms with E-state index in [1.165, 1.54) is 0 Å². The molecule has 4 atom stereocenters. The van der Waals surface area contributed by atoms with Gasteiger partial charge in [0.15, 0.2) is 0 Å². The van der Waals surface area contributed by atoms with Crippen LogP contribution in [-0.4, -0.2) is 96.8 Å². The van der Waals surface area contributed by atoms with Crippen LogP contribution >= 0.6 is 0 Å². The third kappa shape index (κ3) is 5.82. The molecule has 5 rings (SSSR count). The number of hydrogen-bond acceptors (Lipinski definition) is 10. The number of piperidine rings is 2. The predicted octanol–water partition coefficient (Wildman–Crippen LogP) is 1.50. The molecular formula is C30H38N4O8. The van der Waals surface area contributed by atoms with Crippen LogP contribution in [0, 0.1) is 11.8 Å². The first-order valence-electron chi connectivity index (χ1n) is 14.9. The van der Waals surface area contributed by atoms with Crippen molar-refractivity contribution >= 4 is 46.9 Å². The zero-order valence-corrected chi connectivity index (χ0v) is 24.2. The Morgan fingerprint density at radius 1 is 0.690 bits per heavy atom. The Bertz CT molecular complexity index is 1160. The second-order valence-corrected chi connectivity index (χ2v) is 11.3. The van der Waals surface area contributed by atoms with E-state index < -0.39 is 12.1 Å². The van der Waals surface area contributed by atoms with E-state index in [4.69, 9.17) is 9.47 Å². The molecule has 12 nitrogen and oxygen atoms in total. The first-order valence-corrected chi connectivity index (χ1v) is 14.9. The van der Waals surface area contributed by atoms with E-state index >= 15 is 0 Å². The molecule has 226 valence electrons. The molecule has 1 aromatic rings. The Kier molecular flexibility index (Phi) is 9.02. The highest BCUT2D eigenvalue weighted by Crippen LogP contribution is 2.33. The molecule has 4 aliphatic rings. The van der Waals surface area contributed by atoms with Gasteiger partial charge in [-0.15, -0.1) is 0 Å². The van der Waals surface area contributed by atoms with Crippen molar-refractivity contribution in [3.63, 3.8) is 0 Å². The monoisotopic (exact) mass is 582 g/mol. The normalized spacial score (nSPS) is 27.6. The van der Waals surface area contributed by atoms with Gasteiger partial charge in [-0.05, 0) is 76.9 Å². The summed E-state index contributed by atoms with van der Waals surface area (Å²) in [5, 5.41) is 0. The summed E-state index contributed by atoms with van der Waals surface area (Å²) in [4.78, 5) is 83.3. The standard InChI is InChI=1S/C30H38N4O8/c1-3-41-29(39)19-7-5-13-31(17-19)23-15-25(35)33(27(23)37)21-9-11-22(12-10-21)34-26(36)16-24(28(34)38)32-14-6-8-20(18-32)30(40)42-4-2/h9-12,19-20,23-24H,3-8,13-18H2,1-2H3/t19-,20-,23-,24-/m1/s1. The Morgan fingerprint density at radius 2 is 1.07 bits per heavy atom. The first-order chi connectivity index (χ1) is 20.2. The van der Waals surface area contributed by atoms with Crippen molar-refractivity contribution in [2.75, 3.05) is 49.2 Å². The fraction of sp³-hybridized carbons (Fsp3) is 0.600. The summed E-state index contributed by atoms with van der Waals surface area (Å²) in [7, 11) is 0. The van der Waals surface area contributed by atoms with Crippen LogP contribution in [0.1, 0.15) is 52.4 Å². The minimum Gasteiger partial charge on any atom is -0.466 e. The van der Waals surface area contributed by atoms with E-state index in [2.05, 4.69) is 0 Å². The Morgan fingerprint density at radius 3 is 1.43 bits per heavy atom. The lowest BCUT2D eigenvalue weighted by Crippen LogP contribution is -2.48. The zero-order chi connectivity index (χ0) is 30.0. The molecule has 0 aliphatic carbocycles. The molecule has 4 aliphatic heterocycles. The number of ether oxygens (including phenoxy) is 2. The van der Waals surface area contributed by atoms with Crippen LogP contribution in [-0.2, 0) is 38.2 Å². The quantitative estimate of drug-likeness (QED) is 0.328. The molecule has 0 radical (unpaired) electrons. The smallest absolute Gasteiger partial charge is 0.310 e. The molecule has 0 N–H and O–H groups in total. The largest absolute Gasteiger partial charge is 0.466 e. The van der Waals surface area contributed by atoms with Crippen LogP contribution in [0.5, 0.6) is 0 Å². The van der Waals surface area contributed by atoms with Crippen molar-refractivity contribution in [2.24, 2.45) is 11.8 Å². The van der Waals surface area contributed by atoms with Gasteiger partial charge in [0, 0.05) is 13.1 Å². The van der Waals surface area contributed by atoms with Crippen LogP contribution < -0.4 is 9.80 Å². The number of nitrogens with zero attached hydrogens (tertiary/aromatic N) is 4. The van der Waals surface area contributed by atoms with Crippen molar-refractivity contribution in [1.82, 2.24) is 9.80 Å². The minimum absolute atomic E-state index is 0.0174. The fourth-order valence-corrected chi connectivity index (χ4v) is 6.58. The van der Waals surface area contributed by atoms with Gasteiger partial charge < -0.3 is 9.47 Å². The van der Waals surface area contributed by atoms with E-state index in [-0.39, 0.29) is 60.2 Å². The van der Waals surface area contributed by atoms with Gasteiger partial charge in [0.1, 0.15) is 0 Å². The molecule has 4 amide bonds. The fourth-order valence-electron chi connectivity index (χ4n) is 6.58. The number of anilines is 2. The van der Waals surface area contributed by atoms with Crippen LogP contribution in [0.4, 0.5) is 11.4 Å². The van der Waals surface area contributed by atoms with Gasteiger partial charge >= 0.3 is 11.9 Å². The molecule has 0 unspecified atom stereocenters. The third-order valence-corrected chi connectivity index (χ3v) is 8.64. The summed E-state index contributed by atoms with van der Waals surface area (Å²) in [6.45, 7) is 6.07. The highest BCUT2D eigenvalue weighted by Gasteiger charge is 2.46. The lowest BCUT2D eigenvalue weighted by molar-refractivity contribution is -0.151. The van der Waals surface area contributed by atoms with E-state index in [1.807, 2.05) is 9.80 Å². The van der Waals surface area contributed by atoms with Gasteiger partial charge in [0.2, 0.25) is 11.8 Å². The molecule has 0 spiro atoms. The van der Waals surface area contributed by atoms with Crippen molar-refractivity contribution in [3.05, 3.63) is 24.3 Å². The Hall–Kier alpha value is -3.64. The number of amides is 4. The summed E-state index contributed by atoms with van der Waals surface area (Å²) in [5.74, 6) is -2.60. The highest BCUT2D eigenvalue weighted by atomic mass is 16.5. The number of likely N-dealkylation sites (tertiary alicyclic amines) is 2. The molecule has 0 saturated carbocycles. The number of esters is 2. The van der Waals surface area contributed by atoms with Crippen molar-refractivity contribution in [2.45, 2.75) is 64.5 Å². The first kappa shape index (κ1) is 29.8. The van der Waals surface area contributed by atoms with E-state index in [1.54, 1.807) is 38.1 Å². The van der Waals surface area contributed by atoms with Gasteiger partial charge in [-0.1, -0.05) is 0 Å². The highest BCUT2D eigenvalue weighted by molar-refractivity contribution is 6.24. The average molecular weight is 583 g/mol. The molecule has 42 heavy (non-hydrogen) atoms. The van der Waals surface area contributed by atoms with Crippen LogP contribution in [0.3, 0.4) is 0 Å². The van der Waals surface area contributed by atoms with Gasteiger partial charge in [0.25, 0.3) is 11.8 Å². The predicted molar refractivity (Wildman–Crippen MR) is 150 cm³/mol. The van der Waals surface area contributed by atoms with Gasteiger partial charge in [-0.25, -0.2) is 9.80 Å². The summed E-state index contributed by atoms with van der Waals surface area (Å²) in [5.41, 5.74) is 0.721. The molecular weight excluding hydrogens is 544 g/mol. The van der Waals surface area contributed by atoms with E-state index in [9.17, 15) is 28.8 Å². The van der Waals surface area contributed by atoms with Gasteiger partial charge in [0.05, 0.1) is 61.3 Å². The maximum atomic E-state index is 13.4. The number of hydrogen-bond donors (Lipinski definition) is 0. The third-order valence-electron chi connectivity index (χ3n) is 8.64. The lowest BCUT2D eigenvalue weighted by atomic mass is 9.96. The molecule has 0 aromatic heterocycles. The van der Waals surface area contributed by atoms with Gasteiger partial charge in [-0.2, -0.15) is 0 Å². The van der Waals surface area contributed by atoms with Crippen molar-refractivity contribution in [3.8, 4) is 0 Å². The number of rotatable bonds is 8. The van der Waals surface area contributed by atoms with Crippen LogP contribution in [0.15, 0.2) is 24.3 Å². The van der Waals surface area contributed by atoms with E-state index in [0.29, 0.717) is 63.6 Å². The second-order valence-electron chi connectivity index (χ2n) is 11.3. The second kappa shape index (κ2) is 12.7. The molecule has 4 heterocycles. The average Bonchev–Trinajstić information content (AvgIpc) is 3.46. The van der Waals surface area contributed by atoms with Gasteiger partial charge in [-0.3, -0.25) is 38.6 Å². The van der Waals surface area contributed by atoms with Crippen LogP contribution in [0.2, 0.25) is 0 Å². The number of carbonyl (C=O) groups is 6. The summed E-state index contributed by atoms with van der Waals surface area (Å²) in [6, 6.07) is 4.96. The number of benzene rings is 1. The zero-order valence-electron chi connectivity index (χ0n) is 24.2. The molecule has 4 fully saturated rings. The Balaban J connectivity index is 1.25. The molecule has 1 aromatic carbocycles. The number of carbonyl (C=O) groups excluding carboxylic acids is 6. The topological polar surface area (TPSA) is 134 Å². The van der Waals surface area contributed by atoms with E-state index in [0.717, 1.165) is 22.6 Å². The maximum Gasteiger partial charge on any atom is 0.310 e. The molecule has 4 saturated heterocycles. The Labute approximate surface area is 244 Å². The summed E-state index contributed by atoms with van der Waals surface area (Å²) in [6.07, 6.45) is 2.88. The summed E-state index contributed by atoms with van der Waals surface area (Å²) < 4.78 is 10.3. The van der Waals surface area contributed by atoms with Crippen LogP contribution in [0.25, 0.3) is 0 Å². The summed E-state index contributed by atoms with van der Waals surface area (Å²) >= 11 is 0. The van der Waals surface area contributed by atoms with Crippen molar-refractivity contribution < 1.29 is 38.2 Å². The molecule has 0 bridgehead atoms. The lowest BCUT2D eigenvalue weighted by Gasteiger charge is -2.34. The van der Waals surface area contributed by atoms with Crippen molar-refractivity contribution in [1.29, 1.82) is 0 Å². The number of imide groups is 2. The minimum atomic E-state index is -0.653. The molecule has 12 heteroatoms.